The Morgan fingerprint density at radius 1 is 0.875 bits per heavy atom. The van der Waals surface area contributed by atoms with E-state index in [9.17, 15) is 0 Å². The van der Waals surface area contributed by atoms with Crippen molar-refractivity contribution in [3.05, 3.63) is 18.7 Å². The van der Waals surface area contributed by atoms with Gasteiger partial charge in [0, 0.05) is 25.6 Å². The van der Waals surface area contributed by atoms with Crippen molar-refractivity contribution in [2.45, 2.75) is 90.7 Å². The zero-order valence-electron chi connectivity index (χ0n) is 15.9. The van der Waals surface area contributed by atoms with E-state index in [-0.39, 0.29) is 6.10 Å². The molecule has 0 aromatic carbocycles. The standard InChI is InChI=1S/C20H38N2O2/c1-3-5-7-9-10-11-15-23-18-20(17-22-14-13-21-19-22)24-16-12-8-6-4-2/h13-14,19-20H,3-12,15-18H2,1-2H3. The number of ether oxygens (including phenoxy) is 2. The minimum atomic E-state index is 0.126. The molecular formula is C20H38N2O2. The molecular weight excluding hydrogens is 300 g/mol. The Bertz CT molecular complexity index is 355. The largest absolute Gasteiger partial charge is 0.379 e. The molecule has 1 unspecified atom stereocenters. The summed E-state index contributed by atoms with van der Waals surface area (Å²) >= 11 is 0. The molecule has 4 nitrogen and oxygen atoms in total. The van der Waals surface area contributed by atoms with Crippen molar-refractivity contribution >= 4 is 0 Å². The number of rotatable bonds is 17. The molecule has 1 aromatic heterocycles. The molecule has 0 radical (unpaired) electrons. The van der Waals surface area contributed by atoms with E-state index < -0.39 is 0 Å². The highest BCUT2D eigenvalue weighted by atomic mass is 16.5. The Morgan fingerprint density at radius 2 is 1.54 bits per heavy atom. The van der Waals surface area contributed by atoms with Gasteiger partial charge in [0.1, 0.15) is 0 Å². The van der Waals surface area contributed by atoms with Crippen LogP contribution in [0.5, 0.6) is 0 Å². The third-order valence-corrected chi connectivity index (χ3v) is 4.27. The summed E-state index contributed by atoms with van der Waals surface area (Å²) in [6.45, 7) is 7.68. The zero-order valence-corrected chi connectivity index (χ0v) is 15.9. The molecule has 1 atom stereocenters. The van der Waals surface area contributed by atoms with E-state index in [0.717, 1.165) is 32.6 Å². The summed E-state index contributed by atoms with van der Waals surface area (Å²) in [6, 6.07) is 0. The van der Waals surface area contributed by atoms with Gasteiger partial charge in [0.25, 0.3) is 0 Å². The van der Waals surface area contributed by atoms with Crippen LogP contribution in [-0.4, -0.2) is 35.5 Å². The van der Waals surface area contributed by atoms with Crippen LogP contribution in [0.1, 0.15) is 78.1 Å². The first-order valence-corrected chi connectivity index (χ1v) is 10.0. The van der Waals surface area contributed by atoms with Gasteiger partial charge in [-0.3, -0.25) is 0 Å². The molecule has 140 valence electrons. The van der Waals surface area contributed by atoms with Crippen LogP contribution in [0, 0.1) is 0 Å². The molecule has 0 N–H and O–H groups in total. The Balaban J connectivity index is 2.13. The Morgan fingerprint density at radius 3 is 2.25 bits per heavy atom. The van der Waals surface area contributed by atoms with Crippen molar-refractivity contribution in [1.82, 2.24) is 9.55 Å². The molecule has 0 saturated heterocycles. The lowest BCUT2D eigenvalue weighted by Gasteiger charge is -2.18. The smallest absolute Gasteiger partial charge is 0.0987 e. The molecule has 0 aliphatic rings. The van der Waals surface area contributed by atoms with Crippen molar-refractivity contribution < 1.29 is 9.47 Å². The number of aromatic nitrogens is 2. The maximum Gasteiger partial charge on any atom is 0.0987 e. The summed E-state index contributed by atoms with van der Waals surface area (Å²) in [5.41, 5.74) is 0. The average Bonchev–Trinajstić information content (AvgIpc) is 3.09. The number of hydrogen-bond acceptors (Lipinski definition) is 3. The molecule has 0 aliphatic heterocycles. The van der Waals surface area contributed by atoms with Crippen LogP contribution in [0.3, 0.4) is 0 Å². The van der Waals surface area contributed by atoms with E-state index in [1.54, 1.807) is 0 Å². The number of unbranched alkanes of at least 4 members (excludes halogenated alkanes) is 8. The van der Waals surface area contributed by atoms with Crippen LogP contribution in [0.2, 0.25) is 0 Å². The summed E-state index contributed by atoms with van der Waals surface area (Å²) in [5, 5.41) is 0. The molecule has 1 aromatic rings. The van der Waals surface area contributed by atoms with Gasteiger partial charge in [-0.05, 0) is 12.8 Å². The second-order valence-corrected chi connectivity index (χ2v) is 6.66. The van der Waals surface area contributed by atoms with Crippen LogP contribution in [0.4, 0.5) is 0 Å². The minimum absolute atomic E-state index is 0.126. The fraction of sp³-hybridized carbons (Fsp3) is 0.850. The summed E-state index contributed by atoms with van der Waals surface area (Å²) in [5.74, 6) is 0. The van der Waals surface area contributed by atoms with E-state index in [0.29, 0.717) is 6.61 Å². The summed E-state index contributed by atoms with van der Waals surface area (Å²) < 4.78 is 14.0. The predicted octanol–water partition coefficient (Wildman–Crippen LogP) is 5.23. The first-order valence-electron chi connectivity index (χ1n) is 10.0. The van der Waals surface area contributed by atoms with Crippen LogP contribution in [0.15, 0.2) is 18.7 Å². The maximum atomic E-state index is 6.05. The monoisotopic (exact) mass is 338 g/mol. The van der Waals surface area contributed by atoms with Crippen molar-refractivity contribution in [2.24, 2.45) is 0 Å². The number of hydrogen-bond donors (Lipinski definition) is 0. The highest BCUT2D eigenvalue weighted by Crippen LogP contribution is 2.07. The van der Waals surface area contributed by atoms with Crippen LogP contribution in [-0.2, 0) is 16.0 Å². The normalized spacial score (nSPS) is 12.6. The van der Waals surface area contributed by atoms with E-state index in [2.05, 4.69) is 23.4 Å². The third kappa shape index (κ3) is 11.6. The quantitative estimate of drug-likeness (QED) is 0.365. The lowest BCUT2D eigenvalue weighted by molar-refractivity contribution is -0.0265. The second-order valence-electron chi connectivity index (χ2n) is 6.66. The second kappa shape index (κ2) is 15.6. The van der Waals surface area contributed by atoms with Crippen LogP contribution in [0.25, 0.3) is 0 Å². The molecule has 0 saturated carbocycles. The third-order valence-electron chi connectivity index (χ3n) is 4.27. The van der Waals surface area contributed by atoms with E-state index in [1.807, 2.05) is 18.7 Å². The first-order chi connectivity index (χ1) is 11.9. The average molecular weight is 339 g/mol. The maximum absolute atomic E-state index is 6.05. The lowest BCUT2D eigenvalue weighted by atomic mass is 10.1. The molecule has 1 rings (SSSR count). The predicted molar refractivity (Wildman–Crippen MR) is 100 cm³/mol. The van der Waals surface area contributed by atoms with Gasteiger partial charge >= 0.3 is 0 Å². The van der Waals surface area contributed by atoms with E-state index >= 15 is 0 Å². The van der Waals surface area contributed by atoms with E-state index in [4.69, 9.17) is 9.47 Å². The fourth-order valence-corrected chi connectivity index (χ4v) is 2.76. The minimum Gasteiger partial charge on any atom is -0.379 e. The van der Waals surface area contributed by atoms with Gasteiger partial charge in [-0.15, -0.1) is 0 Å². The molecule has 0 spiro atoms. The molecule has 0 aliphatic carbocycles. The van der Waals surface area contributed by atoms with Gasteiger partial charge in [0.15, 0.2) is 0 Å². The molecule has 0 bridgehead atoms. The molecule has 4 heteroatoms. The van der Waals surface area contributed by atoms with Gasteiger partial charge in [-0.1, -0.05) is 65.2 Å². The summed E-state index contributed by atoms with van der Waals surface area (Å²) in [6.07, 6.45) is 18.6. The highest BCUT2D eigenvalue weighted by Gasteiger charge is 2.10. The van der Waals surface area contributed by atoms with Crippen LogP contribution < -0.4 is 0 Å². The van der Waals surface area contributed by atoms with Crippen molar-refractivity contribution in [2.75, 3.05) is 19.8 Å². The van der Waals surface area contributed by atoms with Gasteiger partial charge < -0.3 is 14.0 Å². The number of nitrogens with zero attached hydrogens (tertiary/aromatic N) is 2. The zero-order chi connectivity index (χ0) is 17.3. The topological polar surface area (TPSA) is 36.3 Å². The van der Waals surface area contributed by atoms with Crippen molar-refractivity contribution in [1.29, 1.82) is 0 Å². The van der Waals surface area contributed by atoms with Crippen molar-refractivity contribution in [3.8, 4) is 0 Å². The Kier molecular flexibility index (Phi) is 13.8. The first kappa shape index (κ1) is 21.2. The van der Waals surface area contributed by atoms with Gasteiger partial charge in [0.05, 0.1) is 25.6 Å². The highest BCUT2D eigenvalue weighted by molar-refractivity contribution is 4.76. The molecule has 0 fully saturated rings. The lowest BCUT2D eigenvalue weighted by Crippen LogP contribution is -2.26. The fourth-order valence-electron chi connectivity index (χ4n) is 2.76. The SMILES string of the molecule is CCCCCCCCOCC(Cn1ccnc1)OCCCCCC. The van der Waals surface area contributed by atoms with E-state index in [1.165, 1.54) is 51.4 Å². The van der Waals surface area contributed by atoms with Gasteiger partial charge in [-0.2, -0.15) is 0 Å². The Labute approximate surface area is 149 Å². The molecule has 0 amide bonds. The molecule has 24 heavy (non-hydrogen) atoms. The van der Waals surface area contributed by atoms with Gasteiger partial charge in [0.2, 0.25) is 0 Å². The number of imidazole rings is 1. The summed E-state index contributed by atoms with van der Waals surface area (Å²) in [4.78, 5) is 4.11. The van der Waals surface area contributed by atoms with Crippen molar-refractivity contribution in [3.63, 3.8) is 0 Å². The van der Waals surface area contributed by atoms with Gasteiger partial charge in [-0.25, -0.2) is 4.98 Å². The molecule has 1 heterocycles. The Hall–Kier alpha value is -0.870. The van der Waals surface area contributed by atoms with Crippen LogP contribution >= 0.6 is 0 Å². The summed E-state index contributed by atoms with van der Waals surface area (Å²) in [7, 11) is 0.